The van der Waals surface area contributed by atoms with E-state index in [9.17, 15) is 19.8 Å². The van der Waals surface area contributed by atoms with Crippen LogP contribution in [0.15, 0.2) is 36.5 Å². The predicted octanol–water partition coefficient (Wildman–Crippen LogP) is 23.9. The van der Waals surface area contributed by atoms with Crippen LogP contribution < -0.4 is 5.32 Å². The lowest BCUT2D eigenvalue weighted by Crippen LogP contribution is -2.45. The normalized spacial score (nSPS) is 12.7. The molecule has 1 amide bonds. The Labute approximate surface area is 506 Å². The fourth-order valence-electron chi connectivity index (χ4n) is 11.6. The van der Waals surface area contributed by atoms with Crippen LogP contribution in [-0.4, -0.2) is 47.4 Å². The maximum Gasteiger partial charge on any atom is 0.305 e. The van der Waals surface area contributed by atoms with Gasteiger partial charge in [0.25, 0.3) is 0 Å². The third-order valence-electron chi connectivity index (χ3n) is 17.1. The highest BCUT2D eigenvalue weighted by Crippen LogP contribution is 2.19. The first-order valence-electron chi connectivity index (χ1n) is 36.7. The lowest BCUT2D eigenvalue weighted by molar-refractivity contribution is -0.143. The zero-order valence-electron chi connectivity index (χ0n) is 54.8. The Kier molecular flexibility index (Phi) is 68.9. The van der Waals surface area contributed by atoms with Gasteiger partial charge in [-0.25, -0.2) is 0 Å². The molecule has 0 aromatic rings. The van der Waals surface area contributed by atoms with E-state index in [0.29, 0.717) is 25.9 Å². The van der Waals surface area contributed by atoms with Crippen molar-refractivity contribution >= 4 is 11.9 Å². The Balaban J connectivity index is 3.39. The summed E-state index contributed by atoms with van der Waals surface area (Å²) in [4.78, 5) is 24.6. The molecule has 478 valence electrons. The van der Waals surface area contributed by atoms with Gasteiger partial charge < -0.3 is 20.3 Å². The van der Waals surface area contributed by atoms with E-state index in [1.807, 2.05) is 0 Å². The van der Waals surface area contributed by atoms with E-state index in [-0.39, 0.29) is 18.5 Å². The highest BCUT2D eigenvalue weighted by Gasteiger charge is 2.20. The molecule has 0 rings (SSSR count). The molecule has 0 bridgehead atoms. The molecule has 0 saturated heterocycles. The topological polar surface area (TPSA) is 95.9 Å². The maximum atomic E-state index is 12.6. The molecule has 0 aliphatic heterocycles. The number of carbonyl (C=O) groups is 2. The first-order valence-corrected chi connectivity index (χ1v) is 36.7. The predicted molar refractivity (Wildman–Crippen MR) is 356 cm³/mol. The summed E-state index contributed by atoms with van der Waals surface area (Å²) < 4.78 is 5.48. The van der Waals surface area contributed by atoms with Gasteiger partial charge in [0.15, 0.2) is 0 Å². The summed E-state index contributed by atoms with van der Waals surface area (Å²) >= 11 is 0. The van der Waals surface area contributed by atoms with Crippen LogP contribution in [0.5, 0.6) is 0 Å². The molecule has 0 saturated carbocycles. The summed E-state index contributed by atoms with van der Waals surface area (Å²) in [7, 11) is 0. The van der Waals surface area contributed by atoms with Crippen molar-refractivity contribution in [1.29, 1.82) is 0 Å². The van der Waals surface area contributed by atoms with Crippen molar-refractivity contribution in [3.05, 3.63) is 36.5 Å². The van der Waals surface area contributed by atoms with Crippen molar-refractivity contribution in [2.45, 2.75) is 418 Å². The van der Waals surface area contributed by atoms with E-state index in [1.165, 1.54) is 321 Å². The van der Waals surface area contributed by atoms with Crippen molar-refractivity contribution in [1.82, 2.24) is 5.32 Å². The minimum atomic E-state index is -0.666. The number of carbonyl (C=O) groups excluding carboxylic acids is 2. The zero-order chi connectivity index (χ0) is 58.5. The molecule has 2 unspecified atom stereocenters. The Hall–Kier alpha value is -1.92. The smallest absolute Gasteiger partial charge is 0.305 e. The van der Waals surface area contributed by atoms with Crippen LogP contribution in [0.2, 0.25) is 0 Å². The van der Waals surface area contributed by atoms with Gasteiger partial charge in [0, 0.05) is 12.8 Å². The van der Waals surface area contributed by atoms with Crippen LogP contribution >= 0.6 is 0 Å². The third kappa shape index (κ3) is 67.1. The molecule has 3 N–H and O–H groups in total. The number of aliphatic hydroxyl groups is 2. The van der Waals surface area contributed by atoms with Gasteiger partial charge in [-0.1, -0.05) is 352 Å². The van der Waals surface area contributed by atoms with Crippen molar-refractivity contribution in [3.8, 4) is 0 Å². The average molecular weight is 1140 g/mol. The third-order valence-corrected chi connectivity index (χ3v) is 17.1. The number of unbranched alkanes of at least 4 members (excludes halogenated alkanes) is 52. The summed E-state index contributed by atoms with van der Waals surface area (Å²) in [6.45, 7) is 4.92. The van der Waals surface area contributed by atoms with Gasteiger partial charge in [0.1, 0.15) is 0 Å². The number of allylic oxidation sites excluding steroid dienone is 6. The molecule has 0 aliphatic carbocycles. The second kappa shape index (κ2) is 70.6. The van der Waals surface area contributed by atoms with Crippen LogP contribution in [0, 0.1) is 0 Å². The van der Waals surface area contributed by atoms with Gasteiger partial charge in [0.2, 0.25) is 5.91 Å². The van der Waals surface area contributed by atoms with Crippen LogP contribution in [0.4, 0.5) is 0 Å². The van der Waals surface area contributed by atoms with Gasteiger partial charge in [-0.3, -0.25) is 9.59 Å². The van der Waals surface area contributed by atoms with Gasteiger partial charge in [0.05, 0.1) is 25.4 Å². The summed E-state index contributed by atoms with van der Waals surface area (Å²) in [5.41, 5.74) is 0. The molecule has 0 heterocycles. The van der Waals surface area contributed by atoms with Crippen molar-refractivity contribution in [2.75, 3.05) is 13.2 Å². The summed E-state index contributed by atoms with van der Waals surface area (Å²) in [6.07, 6.45) is 90.6. The highest BCUT2D eigenvalue weighted by molar-refractivity contribution is 5.76. The summed E-state index contributed by atoms with van der Waals surface area (Å²) in [6, 6.07) is -0.543. The Morgan fingerprint density at radius 2 is 0.642 bits per heavy atom. The minimum absolute atomic E-state index is 0.000970. The van der Waals surface area contributed by atoms with Crippen LogP contribution in [0.3, 0.4) is 0 Å². The number of esters is 1. The number of hydrogen-bond donors (Lipinski definition) is 3. The molecule has 0 fully saturated rings. The molecule has 6 nitrogen and oxygen atoms in total. The maximum absolute atomic E-state index is 12.6. The zero-order valence-corrected chi connectivity index (χ0v) is 54.8. The fourth-order valence-corrected chi connectivity index (χ4v) is 11.6. The SMILES string of the molecule is CCC/C=C\C/C=C\CCCCCCCC(=O)OCCCCCCCCCCCCCC/C=C\CCCCCCCCCCCCCCC(=O)NC(CO)C(O)CCCCCCCCCCCCCCCCCCCCCCCCC. The highest BCUT2D eigenvalue weighted by atomic mass is 16.5. The Morgan fingerprint density at radius 3 is 1.00 bits per heavy atom. The van der Waals surface area contributed by atoms with E-state index in [0.717, 1.165) is 51.4 Å². The molecule has 0 aromatic carbocycles. The lowest BCUT2D eigenvalue weighted by atomic mass is 10.0. The fraction of sp³-hybridized carbons (Fsp3) is 0.893. The minimum Gasteiger partial charge on any atom is -0.466 e. The molecule has 0 aliphatic rings. The average Bonchev–Trinajstić information content (AvgIpc) is 3.47. The Morgan fingerprint density at radius 1 is 0.346 bits per heavy atom. The van der Waals surface area contributed by atoms with E-state index in [4.69, 9.17) is 4.74 Å². The van der Waals surface area contributed by atoms with Gasteiger partial charge in [-0.2, -0.15) is 0 Å². The van der Waals surface area contributed by atoms with Crippen molar-refractivity contribution in [2.24, 2.45) is 0 Å². The molecular formula is C75H143NO5. The lowest BCUT2D eigenvalue weighted by Gasteiger charge is -2.22. The quantitative estimate of drug-likeness (QED) is 0.0320. The second-order valence-electron chi connectivity index (χ2n) is 25.3. The molecule has 2 atom stereocenters. The first kappa shape index (κ1) is 79.1. The van der Waals surface area contributed by atoms with Gasteiger partial charge >= 0.3 is 5.97 Å². The van der Waals surface area contributed by atoms with Crippen LogP contribution in [-0.2, 0) is 14.3 Å². The van der Waals surface area contributed by atoms with E-state index < -0.39 is 12.1 Å². The van der Waals surface area contributed by atoms with Gasteiger partial charge in [-0.05, 0) is 77.0 Å². The number of nitrogens with one attached hydrogen (secondary N) is 1. The Bertz CT molecular complexity index is 1310. The molecule has 0 spiro atoms. The number of aliphatic hydroxyl groups excluding tert-OH is 2. The molecule has 0 radical (unpaired) electrons. The number of hydrogen-bond acceptors (Lipinski definition) is 5. The second-order valence-corrected chi connectivity index (χ2v) is 25.3. The van der Waals surface area contributed by atoms with Crippen molar-refractivity contribution < 1.29 is 24.5 Å². The molecule has 0 aromatic heterocycles. The summed E-state index contributed by atoms with van der Waals surface area (Å²) in [5.74, 6) is -0.0294. The summed E-state index contributed by atoms with van der Waals surface area (Å²) in [5, 5.41) is 23.5. The largest absolute Gasteiger partial charge is 0.466 e. The number of rotatable bonds is 69. The van der Waals surface area contributed by atoms with Crippen LogP contribution in [0.1, 0.15) is 406 Å². The first-order chi connectivity index (χ1) is 40.0. The van der Waals surface area contributed by atoms with E-state index >= 15 is 0 Å². The monoisotopic (exact) mass is 1140 g/mol. The standard InChI is InChI=1S/C75H143NO5/c1-3-5-7-9-11-13-15-17-18-19-20-21-28-31-34-37-40-44-47-51-55-59-63-67-73(78)72(71-77)76-74(79)68-64-60-56-52-48-45-41-38-35-32-29-26-24-22-23-25-27-30-33-36-39-42-46-50-54-58-62-66-70-81-75(80)69-65-61-57-53-49-43-16-14-12-10-8-6-4-2/h8,10,14,16,22-23,72-73,77-78H,3-7,9,11-13,15,17-21,24-71H2,1-2H3,(H,76,79)/b10-8-,16-14-,23-22-. The van der Waals surface area contributed by atoms with Gasteiger partial charge in [-0.15, -0.1) is 0 Å². The number of ether oxygens (including phenoxy) is 1. The molecule has 6 heteroatoms. The van der Waals surface area contributed by atoms with E-state index in [1.54, 1.807) is 0 Å². The van der Waals surface area contributed by atoms with E-state index in [2.05, 4.69) is 55.6 Å². The molecule has 81 heavy (non-hydrogen) atoms. The van der Waals surface area contributed by atoms with Crippen LogP contribution in [0.25, 0.3) is 0 Å². The number of amides is 1. The molecular weight excluding hydrogens is 995 g/mol. The van der Waals surface area contributed by atoms with Crippen molar-refractivity contribution in [3.63, 3.8) is 0 Å².